The maximum Gasteiger partial charge on any atom is 0.289 e. The number of rotatable bonds is 6. The van der Waals surface area contributed by atoms with E-state index in [0.717, 1.165) is 50.8 Å². The molecule has 2 aliphatic rings. The lowest BCUT2D eigenvalue weighted by Crippen LogP contribution is -2.52. The van der Waals surface area contributed by atoms with Crippen LogP contribution in [0.4, 0.5) is 0 Å². The van der Waals surface area contributed by atoms with Crippen LogP contribution in [0.1, 0.15) is 39.2 Å². The minimum Gasteiger partial charge on any atom is -0.496 e. The van der Waals surface area contributed by atoms with Crippen LogP contribution in [0.25, 0.3) is 27.7 Å². The molecule has 4 aromatic rings. The van der Waals surface area contributed by atoms with Crippen molar-refractivity contribution >= 4 is 34.8 Å². The summed E-state index contributed by atoms with van der Waals surface area (Å²) < 4.78 is 11.9. The average molecular weight is 578 g/mol. The first-order chi connectivity index (χ1) is 20.8. The molecule has 1 unspecified atom stereocenters. The number of amides is 3. The Hall–Kier alpha value is -4.85. The van der Waals surface area contributed by atoms with E-state index in [0.29, 0.717) is 43.8 Å². The van der Waals surface area contributed by atoms with Crippen molar-refractivity contribution in [2.75, 3.05) is 34.3 Å². The van der Waals surface area contributed by atoms with Gasteiger partial charge < -0.3 is 23.9 Å². The summed E-state index contributed by atoms with van der Waals surface area (Å²) in [4.78, 5) is 43.7. The summed E-state index contributed by atoms with van der Waals surface area (Å²) in [6.45, 7) is 3.45. The number of aryl methyl sites for hydroxylation is 1. The number of hydrogen-bond acceptors (Lipinski definition) is 5. The van der Waals surface area contributed by atoms with E-state index in [4.69, 9.17) is 9.15 Å². The van der Waals surface area contributed by atoms with E-state index < -0.39 is 6.04 Å². The molecule has 3 amide bonds. The molecule has 0 N–H and O–H groups in total. The standard InChI is InChI=1S/C35H35N3O5/c1-22-11-12-31(42-4)28(14-22)29-16-26(15-27-18-32(43-33(27)29)35(41)36(2)3)25-10-7-13-37(19-25)34(40)30-17-23-8-5-6-9-24(23)20-38(30)21-39/h5-6,8-12,14-16,18,21,30H,7,13,17,19-20H2,1-4H3. The maximum absolute atomic E-state index is 13.9. The zero-order valence-corrected chi connectivity index (χ0v) is 24.9. The van der Waals surface area contributed by atoms with Crippen LogP contribution in [0.15, 0.2) is 71.2 Å². The number of fused-ring (bicyclic) bond motifs is 2. The first kappa shape index (κ1) is 28.3. The molecule has 6 rings (SSSR count). The molecule has 1 atom stereocenters. The van der Waals surface area contributed by atoms with Gasteiger partial charge in [-0.3, -0.25) is 14.4 Å². The SMILES string of the molecule is COc1ccc(C)cc1-c1cc(C2=CCCN(C(=O)C3Cc4ccccc4CN3C=O)C2)cc2cc(C(=O)N(C)C)oc12. The minimum atomic E-state index is -0.533. The Morgan fingerprint density at radius 1 is 1.00 bits per heavy atom. The normalized spacial score (nSPS) is 16.5. The highest BCUT2D eigenvalue weighted by Crippen LogP contribution is 2.40. The van der Waals surface area contributed by atoms with E-state index >= 15 is 0 Å². The van der Waals surface area contributed by atoms with E-state index in [1.165, 1.54) is 4.90 Å². The number of benzene rings is 3. The number of furan rings is 1. The van der Waals surface area contributed by atoms with E-state index in [1.807, 2.05) is 60.4 Å². The predicted octanol–water partition coefficient (Wildman–Crippen LogP) is 5.32. The summed E-state index contributed by atoms with van der Waals surface area (Å²) in [5.41, 5.74) is 7.47. The van der Waals surface area contributed by atoms with Crippen molar-refractivity contribution in [3.63, 3.8) is 0 Å². The number of nitrogens with zero attached hydrogens (tertiary/aromatic N) is 3. The third-order valence-corrected chi connectivity index (χ3v) is 8.42. The molecule has 2 aliphatic heterocycles. The fourth-order valence-corrected chi connectivity index (χ4v) is 6.13. The van der Waals surface area contributed by atoms with Gasteiger partial charge in [0.1, 0.15) is 17.4 Å². The molecule has 0 aliphatic carbocycles. The number of ether oxygens (including phenoxy) is 1. The van der Waals surface area contributed by atoms with Crippen molar-refractivity contribution in [3.8, 4) is 16.9 Å². The Labute approximate surface area is 251 Å². The van der Waals surface area contributed by atoms with Crippen molar-refractivity contribution in [1.29, 1.82) is 0 Å². The average Bonchev–Trinajstić information content (AvgIpc) is 3.47. The Bertz CT molecular complexity index is 1770. The fourth-order valence-electron chi connectivity index (χ4n) is 6.13. The van der Waals surface area contributed by atoms with Crippen LogP contribution in [-0.4, -0.2) is 73.3 Å². The third kappa shape index (κ3) is 5.29. The van der Waals surface area contributed by atoms with Crippen molar-refractivity contribution < 1.29 is 23.5 Å². The first-order valence-electron chi connectivity index (χ1n) is 14.5. The van der Waals surface area contributed by atoms with Gasteiger partial charge in [0.15, 0.2) is 5.76 Å². The van der Waals surface area contributed by atoms with Gasteiger partial charge in [-0.05, 0) is 65.9 Å². The van der Waals surface area contributed by atoms with Crippen LogP contribution in [0, 0.1) is 6.92 Å². The van der Waals surface area contributed by atoms with Gasteiger partial charge in [0.05, 0.1) is 7.11 Å². The first-order valence-corrected chi connectivity index (χ1v) is 14.5. The maximum atomic E-state index is 13.9. The van der Waals surface area contributed by atoms with E-state index in [9.17, 15) is 14.4 Å². The largest absolute Gasteiger partial charge is 0.496 e. The smallest absolute Gasteiger partial charge is 0.289 e. The molecule has 0 bridgehead atoms. The molecule has 0 spiro atoms. The van der Waals surface area contributed by atoms with Crippen molar-refractivity contribution in [1.82, 2.24) is 14.7 Å². The summed E-state index contributed by atoms with van der Waals surface area (Å²) >= 11 is 0. The molecule has 8 nitrogen and oxygen atoms in total. The summed E-state index contributed by atoms with van der Waals surface area (Å²) in [6, 6.07) is 19.3. The molecule has 0 radical (unpaired) electrons. The van der Waals surface area contributed by atoms with Gasteiger partial charge in [0, 0.05) is 56.7 Å². The number of methoxy groups -OCH3 is 1. The van der Waals surface area contributed by atoms with Crippen LogP contribution in [0.5, 0.6) is 5.75 Å². The molecule has 0 saturated carbocycles. The van der Waals surface area contributed by atoms with E-state index in [2.05, 4.69) is 12.1 Å². The van der Waals surface area contributed by atoms with Crippen LogP contribution in [0.3, 0.4) is 0 Å². The lowest BCUT2D eigenvalue weighted by molar-refractivity contribution is -0.141. The van der Waals surface area contributed by atoms with Crippen LogP contribution < -0.4 is 4.74 Å². The van der Waals surface area contributed by atoms with Gasteiger partial charge >= 0.3 is 0 Å². The summed E-state index contributed by atoms with van der Waals surface area (Å²) in [7, 11) is 5.03. The minimum absolute atomic E-state index is 0.0453. The van der Waals surface area contributed by atoms with Gasteiger partial charge in [0.25, 0.3) is 5.91 Å². The molecule has 8 heteroatoms. The van der Waals surface area contributed by atoms with Gasteiger partial charge in [-0.2, -0.15) is 0 Å². The Balaban J connectivity index is 1.38. The van der Waals surface area contributed by atoms with Crippen LogP contribution >= 0.6 is 0 Å². The van der Waals surface area contributed by atoms with E-state index in [-0.39, 0.29) is 17.6 Å². The quantitative estimate of drug-likeness (QED) is 0.290. The molecular weight excluding hydrogens is 542 g/mol. The van der Waals surface area contributed by atoms with Gasteiger partial charge in [0.2, 0.25) is 12.3 Å². The highest BCUT2D eigenvalue weighted by molar-refractivity contribution is 6.02. The fraction of sp³-hybridized carbons (Fsp3) is 0.286. The predicted molar refractivity (Wildman–Crippen MR) is 166 cm³/mol. The molecule has 3 aromatic carbocycles. The second-order valence-electron chi connectivity index (χ2n) is 11.5. The second kappa shape index (κ2) is 11.4. The molecule has 0 fully saturated rings. The zero-order chi connectivity index (χ0) is 30.2. The molecule has 0 saturated heterocycles. The number of carbonyl (C=O) groups excluding carboxylic acids is 3. The highest BCUT2D eigenvalue weighted by Gasteiger charge is 2.34. The van der Waals surface area contributed by atoms with Crippen molar-refractivity contribution in [2.45, 2.75) is 32.4 Å². The Morgan fingerprint density at radius 3 is 2.53 bits per heavy atom. The third-order valence-electron chi connectivity index (χ3n) is 8.42. The Kier molecular flexibility index (Phi) is 7.52. The molecule has 3 heterocycles. The lowest BCUT2D eigenvalue weighted by atomic mass is 9.92. The number of carbonyl (C=O) groups is 3. The number of hydrogen-bond donors (Lipinski definition) is 0. The van der Waals surface area contributed by atoms with Crippen molar-refractivity contribution in [2.24, 2.45) is 0 Å². The topological polar surface area (TPSA) is 83.3 Å². The van der Waals surface area contributed by atoms with Gasteiger partial charge in [-0.15, -0.1) is 0 Å². The summed E-state index contributed by atoms with van der Waals surface area (Å²) in [5.74, 6) is 0.686. The highest BCUT2D eigenvalue weighted by atomic mass is 16.5. The van der Waals surface area contributed by atoms with Crippen LogP contribution in [0.2, 0.25) is 0 Å². The molecule has 1 aromatic heterocycles. The molecular formula is C35H35N3O5. The summed E-state index contributed by atoms with van der Waals surface area (Å²) in [5, 5.41) is 0.793. The molecule has 220 valence electrons. The van der Waals surface area contributed by atoms with Crippen molar-refractivity contribution in [3.05, 3.63) is 94.8 Å². The lowest BCUT2D eigenvalue weighted by Gasteiger charge is -2.38. The summed E-state index contributed by atoms with van der Waals surface area (Å²) in [6.07, 6.45) is 4.16. The van der Waals surface area contributed by atoms with Gasteiger partial charge in [-0.1, -0.05) is 42.0 Å². The zero-order valence-electron chi connectivity index (χ0n) is 24.9. The molecule has 43 heavy (non-hydrogen) atoms. The van der Waals surface area contributed by atoms with Crippen LogP contribution in [-0.2, 0) is 22.6 Å². The monoisotopic (exact) mass is 577 g/mol. The second-order valence-corrected chi connectivity index (χ2v) is 11.5. The Morgan fingerprint density at radius 2 is 1.79 bits per heavy atom. The van der Waals surface area contributed by atoms with E-state index in [1.54, 1.807) is 32.2 Å². The van der Waals surface area contributed by atoms with Gasteiger partial charge in [-0.25, -0.2) is 0 Å².